The number of carbonyl (C=O) groups is 4. The van der Waals surface area contributed by atoms with Crippen LogP contribution in [0.5, 0.6) is 11.8 Å². The van der Waals surface area contributed by atoms with Crippen LogP contribution in [-0.2, 0) is 33.9 Å². The van der Waals surface area contributed by atoms with Gasteiger partial charge in [0.1, 0.15) is 22.9 Å². The second-order valence-corrected chi connectivity index (χ2v) is 19.0. The molecular weight excluding hydrogens is 727 g/mol. The van der Waals surface area contributed by atoms with E-state index in [1.165, 1.54) is 12.0 Å². The summed E-state index contributed by atoms with van der Waals surface area (Å²) in [4.78, 5) is 71.9. The molecular formula is C40H55N5O9S. The topological polar surface area (TPSA) is 184 Å². The molecule has 2 aliphatic heterocycles. The number of hydrogen-bond donors (Lipinski definition) is 1. The second-order valence-electron chi connectivity index (χ2n) is 17.0. The monoisotopic (exact) mass is 781 g/mol. The Morgan fingerprint density at radius 2 is 1.84 bits per heavy atom. The molecule has 2 aromatic rings. The highest BCUT2D eigenvalue weighted by Crippen LogP contribution is 2.57. The number of ether oxygens (including phenoxy) is 3. The van der Waals surface area contributed by atoms with Gasteiger partial charge in [0.25, 0.3) is 0 Å². The fourth-order valence-electron chi connectivity index (χ4n) is 8.20. The maximum Gasteiger partial charge on any atom is 0.307 e. The molecule has 300 valence electrons. The minimum Gasteiger partial charge on any atom is -0.481 e. The summed E-state index contributed by atoms with van der Waals surface area (Å²) < 4.78 is 45.6. The summed E-state index contributed by atoms with van der Waals surface area (Å²) in [5.74, 6) is -2.35. The first-order chi connectivity index (χ1) is 25.9. The van der Waals surface area contributed by atoms with Crippen LogP contribution in [0.25, 0.3) is 11.0 Å². The van der Waals surface area contributed by atoms with Crippen molar-refractivity contribution in [3.8, 4) is 11.8 Å². The van der Waals surface area contributed by atoms with Crippen molar-refractivity contribution in [3.63, 3.8) is 0 Å². The molecule has 1 saturated heterocycles. The number of ketones is 1. The average Bonchev–Trinajstić information content (AvgIpc) is 4.04. The number of esters is 1. The molecule has 0 spiro atoms. The van der Waals surface area contributed by atoms with Gasteiger partial charge in [0.15, 0.2) is 5.78 Å². The number of nitrogens with one attached hydrogen (secondary N) is 1. The van der Waals surface area contributed by atoms with Gasteiger partial charge in [-0.2, -0.15) is 0 Å². The van der Waals surface area contributed by atoms with Crippen LogP contribution in [0.1, 0.15) is 105 Å². The molecule has 3 fully saturated rings. The lowest BCUT2D eigenvalue weighted by Crippen LogP contribution is -2.48. The van der Waals surface area contributed by atoms with Crippen molar-refractivity contribution in [1.29, 1.82) is 0 Å². The van der Waals surface area contributed by atoms with Crippen LogP contribution in [-0.4, -0.2) is 88.5 Å². The van der Waals surface area contributed by atoms with Gasteiger partial charge >= 0.3 is 5.97 Å². The van der Waals surface area contributed by atoms with Gasteiger partial charge in [0.2, 0.25) is 33.6 Å². The summed E-state index contributed by atoms with van der Waals surface area (Å²) in [6, 6.07) is 0.647. The molecule has 55 heavy (non-hydrogen) atoms. The number of rotatable bonds is 9. The van der Waals surface area contributed by atoms with E-state index in [-0.39, 0.29) is 61.1 Å². The van der Waals surface area contributed by atoms with E-state index in [9.17, 15) is 27.6 Å². The van der Waals surface area contributed by atoms with E-state index in [4.69, 9.17) is 14.2 Å². The van der Waals surface area contributed by atoms with Gasteiger partial charge in [-0.15, -0.1) is 0 Å². The molecule has 2 amide bonds. The number of aryl methyl sites for hydroxylation is 1. The van der Waals surface area contributed by atoms with Crippen molar-refractivity contribution in [2.45, 2.75) is 129 Å². The number of fused-ring (bicyclic) bond motifs is 3. The number of methoxy groups -OCH3 is 1. The normalized spacial score (nSPS) is 29.7. The molecule has 4 aliphatic rings. The van der Waals surface area contributed by atoms with E-state index in [2.05, 4.69) is 26.6 Å². The molecule has 2 aromatic heterocycles. The zero-order valence-corrected chi connectivity index (χ0v) is 33.8. The van der Waals surface area contributed by atoms with Gasteiger partial charge in [0.05, 0.1) is 54.4 Å². The molecule has 0 bridgehead atoms. The molecule has 4 heterocycles. The highest BCUT2D eigenvalue weighted by molar-refractivity contribution is 7.90. The fourth-order valence-corrected chi connectivity index (χ4v) is 9.59. The maximum absolute atomic E-state index is 15.0. The maximum atomic E-state index is 15.0. The predicted molar refractivity (Wildman–Crippen MR) is 203 cm³/mol. The lowest BCUT2D eigenvalue weighted by Gasteiger charge is -2.33. The fraction of sp³-hybridized carbons (Fsp3) is 0.675. The zero-order chi connectivity index (χ0) is 39.9. The number of sulfonamides is 1. The first-order valence-electron chi connectivity index (χ1n) is 19.6. The lowest BCUT2D eigenvalue weighted by atomic mass is 9.79. The predicted octanol–water partition coefficient (Wildman–Crippen LogP) is 5.01. The van der Waals surface area contributed by atoms with Gasteiger partial charge < -0.3 is 19.1 Å². The van der Waals surface area contributed by atoms with E-state index in [1.54, 1.807) is 40.0 Å². The van der Waals surface area contributed by atoms with E-state index in [0.717, 1.165) is 12.8 Å². The van der Waals surface area contributed by atoms with Crippen molar-refractivity contribution in [1.82, 2.24) is 24.6 Å². The summed E-state index contributed by atoms with van der Waals surface area (Å²) in [5, 5.41) is -0.603. The van der Waals surface area contributed by atoms with Gasteiger partial charge in [-0.1, -0.05) is 32.4 Å². The number of aromatic nitrogens is 3. The Labute approximate surface area is 323 Å². The van der Waals surface area contributed by atoms with E-state index >= 15 is 0 Å². The minimum absolute atomic E-state index is 0.0312. The van der Waals surface area contributed by atoms with Crippen LogP contribution >= 0.6 is 0 Å². The molecule has 14 nitrogen and oxygen atoms in total. The van der Waals surface area contributed by atoms with Crippen molar-refractivity contribution in [3.05, 3.63) is 30.1 Å². The Bertz CT molecular complexity index is 1960. The molecule has 0 radical (unpaired) electrons. The summed E-state index contributed by atoms with van der Waals surface area (Å²) in [5.41, 5.74) is -0.491. The SMILES string of the molecule is CC[C@@H]1C[C@H](C)CC/C=C\[C@@H]2C[C@@]2(C(=O)NS(=O)(=O)C2CC2)CC(=O)[C@@H]2C[C@@H](Oc3nc4cc(OC)ncc4nc3C)CN2C(=O)[C@H]1CC(=O)OC(C)(C)C. The molecule has 1 N–H and O–H groups in total. The van der Waals surface area contributed by atoms with Crippen LogP contribution in [0, 0.1) is 36.0 Å². The quantitative estimate of drug-likeness (QED) is 0.265. The van der Waals surface area contributed by atoms with Gasteiger partial charge in [-0.3, -0.25) is 23.9 Å². The summed E-state index contributed by atoms with van der Waals surface area (Å²) in [6.45, 7) is 11.3. The Morgan fingerprint density at radius 1 is 1.09 bits per heavy atom. The number of pyridine rings is 1. The second kappa shape index (κ2) is 15.8. The number of carbonyl (C=O) groups excluding carboxylic acids is 4. The van der Waals surface area contributed by atoms with E-state index in [1.807, 2.05) is 19.1 Å². The van der Waals surface area contributed by atoms with E-state index < -0.39 is 56.2 Å². The number of hydrogen-bond acceptors (Lipinski definition) is 12. The third kappa shape index (κ3) is 9.29. The summed E-state index contributed by atoms with van der Waals surface area (Å²) in [6.07, 6.45) is 8.71. The van der Waals surface area contributed by atoms with Crippen molar-refractivity contribution in [2.75, 3.05) is 13.7 Å². The standard InChI is InChI=1S/C40H55N5O9S/c1-8-25-15-23(2)11-9-10-12-26-19-40(26,38(49)44-55(50,51)28-13-14-28)20-33(46)32-16-27(22-45(32)37(48)29(25)17-35(47)54-39(4,5)6)53-36-24(3)42-31-21-41-34(52-7)18-30(31)43-36/h10,12,18,21,23,25-29,32H,8-9,11,13-17,19-20,22H2,1-7H3,(H,44,49)/b12-10-/t23-,25-,26-,27-,29+,32+,40-/m1/s1. The number of nitrogens with zero attached hydrogens (tertiary/aromatic N) is 4. The summed E-state index contributed by atoms with van der Waals surface area (Å²) in [7, 11) is -2.36. The Hall–Kier alpha value is -4.14. The Kier molecular flexibility index (Phi) is 11.6. The third-order valence-electron chi connectivity index (χ3n) is 11.5. The van der Waals surface area contributed by atoms with Crippen LogP contribution in [0.4, 0.5) is 0 Å². The largest absolute Gasteiger partial charge is 0.481 e. The number of allylic oxidation sites excluding steroid dienone is 2. The smallest absolute Gasteiger partial charge is 0.307 e. The van der Waals surface area contributed by atoms with Crippen molar-refractivity contribution < 1.29 is 41.8 Å². The number of amides is 2. The van der Waals surface area contributed by atoms with Crippen molar-refractivity contribution >= 4 is 44.6 Å². The molecule has 2 saturated carbocycles. The molecule has 0 unspecified atom stereocenters. The minimum atomic E-state index is -3.86. The molecule has 15 heteroatoms. The highest BCUT2D eigenvalue weighted by Gasteiger charge is 2.61. The zero-order valence-electron chi connectivity index (χ0n) is 33.0. The first-order valence-corrected chi connectivity index (χ1v) is 21.1. The van der Waals surface area contributed by atoms with Crippen molar-refractivity contribution in [2.24, 2.45) is 29.1 Å². The highest BCUT2D eigenvalue weighted by atomic mass is 32.2. The van der Waals surface area contributed by atoms with Gasteiger partial charge in [-0.25, -0.2) is 23.4 Å². The van der Waals surface area contributed by atoms with Gasteiger partial charge in [0, 0.05) is 18.9 Å². The molecule has 2 aliphatic carbocycles. The first kappa shape index (κ1) is 40.5. The van der Waals surface area contributed by atoms with Crippen LogP contribution in [0.3, 0.4) is 0 Å². The average molecular weight is 782 g/mol. The molecule has 7 atom stereocenters. The molecule has 0 aromatic carbocycles. The van der Waals surface area contributed by atoms with Crippen LogP contribution < -0.4 is 14.2 Å². The number of Topliss-reactive ketones (excluding diaryl/α,β-unsaturated/α-hetero) is 1. The van der Waals surface area contributed by atoms with Crippen LogP contribution in [0.2, 0.25) is 0 Å². The summed E-state index contributed by atoms with van der Waals surface area (Å²) >= 11 is 0. The van der Waals surface area contributed by atoms with Gasteiger partial charge in [-0.05, 0) is 84.0 Å². The molecule has 6 rings (SSSR count). The third-order valence-corrected chi connectivity index (χ3v) is 13.3. The van der Waals surface area contributed by atoms with Crippen LogP contribution in [0.15, 0.2) is 24.4 Å². The lowest BCUT2D eigenvalue weighted by molar-refractivity contribution is -0.160. The Balaban J connectivity index is 1.36. The van der Waals surface area contributed by atoms with E-state index in [0.29, 0.717) is 54.7 Å². The Morgan fingerprint density at radius 3 is 2.51 bits per heavy atom.